The number of aromatic nitrogens is 1. The first kappa shape index (κ1) is 20.2. The first-order chi connectivity index (χ1) is 13.7. The number of anilines is 1. The molecule has 0 bridgehead atoms. The van der Waals surface area contributed by atoms with E-state index in [0.29, 0.717) is 30.4 Å². The van der Waals surface area contributed by atoms with Crippen LogP contribution in [0, 0.1) is 5.41 Å². The molecule has 0 saturated carbocycles. The number of nitrogens with zero attached hydrogens (tertiary/aromatic N) is 2. The van der Waals surface area contributed by atoms with Crippen LogP contribution in [0.3, 0.4) is 0 Å². The van der Waals surface area contributed by atoms with Crippen LogP contribution in [0.15, 0.2) is 42.6 Å². The predicted octanol–water partition coefficient (Wildman–Crippen LogP) is 3.55. The van der Waals surface area contributed by atoms with Gasteiger partial charge in [0.1, 0.15) is 11.4 Å². The molecule has 0 amide bonds. The van der Waals surface area contributed by atoms with Gasteiger partial charge in [-0.25, -0.2) is 13.8 Å². The van der Waals surface area contributed by atoms with Crippen molar-refractivity contribution in [2.45, 2.75) is 44.6 Å². The van der Waals surface area contributed by atoms with E-state index in [0.717, 1.165) is 5.56 Å². The SMILES string of the molecule is CC(C)c1ccc(C(O)(c2ccnc(N3C[C@@H](F)[C@@H](F)C3)c2)C2(C)CNC2)cc1. The van der Waals surface area contributed by atoms with Gasteiger partial charge in [0.25, 0.3) is 0 Å². The second-order valence-electron chi connectivity index (χ2n) is 8.99. The van der Waals surface area contributed by atoms with Crippen molar-refractivity contribution in [1.82, 2.24) is 10.3 Å². The monoisotopic (exact) mass is 401 g/mol. The standard InChI is InChI=1S/C23H29F2N3O/c1-15(2)16-4-6-17(7-5-16)23(29,22(3)13-26-14-22)18-8-9-27-21(10-18)28-11-19(24)20(25)12-28/h4-10,15,19-20,26,29H,11-14H2,1-3H3/t19-,20+,23?. The largest absolute Gasteiger partial charge is 0.380 e. The summed E-state index contributed by atoms with van der Waals surface area (Å²) in [6.45, 7) is 7.66. The molecule has 3 heterocycles. The van der Waals surface area contributed by atoms with Gasteiger partial charge in [0.05, 0.1) is 13.1 Å². The minimum atomic E-state index is -1.50. The third-order valence-electron chi connectivity index (χ3n) is 6.57. The van der Waals surface area contributed by atoms with Crippen LogP contribution in [0.5, 0.6) is 0 Å². The van der Waals surface area contributed by atoms with Crippen LogP contribution < -0.4 is 10.2 Å². The Morgan fingerprint density at radius 2 is 1.72 bits per heavy atom. The Kier molecular flexibility index (Phi) is 5.11. The number of rotatable bonds is 5. The lowest BCUT2D eigenvalue weighted by Crippen LogP contribution is -2.63. The topological polar surface area (TPSA) is 48.4 Å². The molecule has 2 aliphatic heterocycles. The second-order valence-corrected chi connectivity index (χ2v) is 8.99. The van der Waals surface area contributed by atoms with Crippen molar-refractivity contribution in [2.24, 2.45) is 5.41 Å². The van der Waals surface area contributed by atoms with Crippen molar-refractivity contribution < 1.29 is 13.9 Å². The molecule has 0 radical (unpaired) electrons. The Morgan fingerprint density at radius 1 is 1.10 bits per heavy atom. The molecule has 4 rings (SSSR count). The van der Waals surface area contributed by atoms with E-state index in [2.05, 4.69) is 43.2 Å². The van der Waals surface area contributed by atoms with Gasteiger partial charge in [-0.15, -0.1) is 0 Å². The van der Waals surface area contributed by atoms with Crippen molar-refractivity contribution in [3.8, 4) is 0 Å². The van der Waals surface area contributed by atoms with Crippen molar-refractivity contribution in [2.75, 3.05) is 31.1 Å². The molecule has 0 aliphatic carbocycles. The molecule has 1 aromatic carbocycles. The number of halogens is 2. The van der Waals surface area contributed by atoms with E-state index >= 15 is 0 Å². The van der Waals surface area contributed by atoms with Gasteiger partial charge in [-0.3, -0.25) is 0 Å². The molecule has 29 heavy (non-hydrogen) atoms. The van der Waals surface area contributed by atoms with Gasteiger partial charge in [-0.2, -0.15) is 0 Å². The van der Waals surface area contributed by atoms with E-state index < -0.39 is 23.4 Å². The fraction of sp³-hybridized carbons (Fsp3) is 0.522. The zero-order valence-corrected chi connectivity index (χ0v) is 17.2. The van der Waals surface area contributed by atoms with E-state index in [1.165, 1.54) is 5.56 Å². The van der Waals surface area contributed by atoms with Crippen molar-refractivity contribution in [3.05, 3.63) is 59.3 Å². The van der Waals surface area contributed by atoms with E-state index in [9.17, 15) is 13.9 Å². The number of hydrogen-bond acceptors (Lipinski definition) is 4. The highest BCUT2D eigenvalue weighted by Crippen LogP contribution is 2.48. The first-order valence-corrected chi connectivity index (χ1v) is 10.3. The summed E-state index contributed by atoms with van der Waals surface area (Å²) >= 11 is 0. The van der Waals surface area contributed by atoms with Crippen LogP contribution in [0.4, 0.5) is 14.6 Å². The lowest BCUT2D eigenvalue weighted by atomic mass is 9.62. The van der Waals surface area contributed by atoms with Gasteiger partial charge in [-0.05, 0) is 34.7 Å². The van der Waals surface area contributed by atoms with Gasteiger partial charge in [0.2, 0.25) is 0 Å². The normalized spacial score (nSPS) is 25.7. The number of alkyl halides is 2. The van der Waals surface area contributed by atoms with Crippen LogP contribution in [-0.4, -0.2) is 48.6 Å². The maximum absolute atomic E-state index is 13.7. The van der Waals surface area contributed by atoms with Gasteiger partial charge in [0.15, 0.2) is 12.3 Å². The minimum Gasteiger partial charge on any atom is -0.380 e. The second kappa shape index (κ2) is 7.33. The van der Waals surface area contributed by atoms with E-state index in [4.69, 9.17) is 0 Å². The Balaban J connectivity index is 1.76. The molecule has 4 nitrogen and oxygen atoms in total. The molecule has 2 aliphatic rings. The molecular weight excluding hydrogens is 372 g/mol. The van der Waals surface area contributed by atoms with E-state index in [1.54, 1.807) is 23.2 Å². The molecule has 2 aromatic rings. The average Bonchev–Trinajstić information content (AvgIpc) is 3.04. The van der Waals surface area contributed by atoms with Crippen molar-refractivity contribution >= 4 is 5.82 Å². The van der Waals surface area contributed by atoms with Crippen LogP contribution in [0.2, 0.25) is 0 Å². The summed E-state index contributed by atoms with van der Waals surface area (Å²) in [7, 11) is 0. The molecule has 156 valence electrons. The van der Waals surface area contributed by atoms with Gasteiger partial charge in [-0.1, -0.05) is 45.0 Å². The molecule has 3 atom stereocenters. The maximum Gasteiger partial charge on any atom is 0.150 e. The summed E-state index contributed by atoms with van der Waals surface area (Å²) in [5.74, 6) is 0.904. The summed E-state index contributed by atoms with van der Waals surface area (Å²) in [6.07, 6.45) is -1.39. The summed E-state index contributed by atoms with van der Waals surface area (Å²) in [4.78, 5) is 5.94. The lowest BCUT2D eigenvalue weighted by Gasteiger charge is -2.52. The number of aliphatic hydroxyl groups is 1. The lowest BCUT2D eigenvalue weighted by molar-refractivity contribution is -0.0767. The number of hydrogen-bond donors (Lipinski definition) is 2. The Bertz CT molecular complexity index is 859. The molecule has 1 unspecified atom stereocenters. The third-order valence-corrected chi connectivity index (χ3v) is 6.57. The maximum atomic E-state index is 13.7. The summed E-state index contributed by atoms with van der Waals surface area (Å²) in [6, 6.07) is 11.7. The predicted molar refractivity (Wildman–Crippen MR) is 111 cm³/mol. The molecular formula is C23H29F2N3O. The first-order valence-electron chi connectivity index (χ1n) is 10.3. The highest BCUT2D eigenvalue weighted by Gasteiger charge is 2.53. The van der Waals surface area contributed by atoms with Crippen LogP contribution in [0.1, 0.15) is 43.4 Å². The van der Waals surface area contributed by atoms with Crippen LogP contribution >= 0.6 is 0 Å². The molecule has 2 saturated heterocycles. The highest BCUT2D eigenvalue weighted by atomic mass is 19.2. The van der Waals surface area contributed by atoms with Gasteiger partial charge >= 0.3 is 0 Å². The van der Waals surface area contributed by atoms with Crippen molar-refractivity contribution in [1.29, 1.82) is 0 Å². The molecule has 2 fully saturated rings. The zero-order chi connectivity index (χ0) is 20.8. The molecule has 2 N–H and O–H groups in total. The van der Waals surface area contributed by atoms with Gasteiger partial charge in [0, 0.05) is 24.7 Å². The fourth-order valence-corrected chi connectivity index (χ4v) is 4.46. The number of nitrogens with one attached hydrogen (secondary N) is 1. The minimum absolute atomic E-state index is 0.0159. The third kappa shape index (κ3) is 3.32. The van der Waals surface area contributed by atoms with Crippen LogP contribution in [0.25, 0.3) is 0 Å². The summed E-state index contributed by atoms with van der Waals surface area (Å²) < 4.78 is 27.4. The summed E-state index contributed by atoms with van der Waals surface area (Å²) in [5.41, 5.74) is 1.08. The highest BCUT2D eigenvalue weighted by molar-refractivity contribution is 5.49. The fourth-order valence-electron chi connectivity index (χ4n) is 4.46. The van der Waals surface area contributed by atoms with E-state index in [-0.39, 0.29) is 13.1 Å². The molecule has 1 aromatic heterocycles. The van der Waals surface area contributed by atoms with Crippen LogP contribution in [-0.2, 0) is 5.60 Å². The smallest absolute Gasteiger partial charge is 0.150 e. The van der Waals surface area contributed by atoms with Gasteiger partial charge < -0.3 is 15.3 Å². The number of benzene rings is 1. The Labute approximate surface area is 171 Å². The number of pyridine rings is 1. The summed E-state index contributed by atoms with van der Waals surface area (Å²) in [5, 5.41) is 15.4. The Hall–Kier alpha value is -2.05. The Morgan fingerprint density at radius 3 is 2.24 bits per heavy atom. The molecule has 6 heteroatoms. The zero-order valence-electron chi connectivity index (χ0n) is 17.2. The van der Waals surface area contributed by atoms with Crippen molar-refractivity contribution in [3.63, 3.8) is 0 Å². The average molecular weight is 402 g/mol. The quantitative estimate of drug-likeness (QED) is 0.805. The van der Waals surface area contributed by atoms with E-state index in [1.807, 2.05) is 12.1 Å². The molecule has 0 spiro atoms.